The van der Waals surface area contributed by atoms with Crippen LogP contribution in [0, 0.1) is 12.7 Å². The maximum absolute atomic E-state index is 13.5. The Kier molecular flexibility index (Phi) is 6.05. The third kappa shape index (κ3) is 5.09. The van der Waals surface area contributed by atoms with Gasteiger partial charge in [0.1, 0.15) is 17.3 Å². The molecule has 4 aromatic carbocycles. The number of hydrogen-bond donors (Lipinski definition) is 1. The molecular formula is C28H21FN4O2. The summed E-state index contributed by atoms with van der Waals surface area (Å²) >= 11 is 0. The fourth-order valence-corrected chi connectivity index (χ4v) is 3.55. The Hall–Kier alpha value is -4.78. The van der Waals surface area contributed by atoms with Crippen molar-refractivity contribution in [3.05, 3.63) is 120 Å². The first kappa shape index (κ1) is 22.0. The van der Waals surface area contributed by atoms with Gasteiger partial charge in [0.25, 0.3) is 5.91 Å². The lowest BCUT2D eigenvalue weighted by atomic mass is 10.2. The molecule has 0 saturated heterocycles. The zero-order valence-corrected chi connectivity index (χ0v) is 18.9. The van der Waals surface area contributed by atoms with Crippen molar-refractivity contribution < 1.29 is 13.9 Å². The second-order valence-corrected chi connectivity index (χ2v) is 7.91. The first-order chi connectivity index (χ1) is 17.0. The number of rotatable bonds is 6. The molecule has 1 aromatic heterocycles. The lowest BCUT2D eigenvalue weighted by Crippen LogP contribution is -2.14. The van der Waals surface area contributed by atoms with Crippen molar-refractivity contribution in [1.29, 1.82) is 0 Å². The second kappa shape index (κ2) is 9.61. The number of amides is 1. The summed E-state index contributed by atoms with van der Waals surface area (Å²) in [5, 5.41) is 7.29. The van der Waals surface area contributed by atoms with Crippen LogP contribution in [0.15, 0.2) is 103 Å². The molecule has 172 valence electrons. The predicted molar refractivity (Wildman–Crippen MR) is 132 cm³/mol. The molecule has 0 radical (unpaired) electrons. The summed E-state index contributed by atoms with van der Waals surface area (Å²) in [4.78, 5) is 17.5. The Morgan fingerprint density at radius 1 is 0.857 bits per heavy atom. The van der Waals surface area contributed by atoms with Gasteiger partial charge in [-0.15, -0.1) is 5.10 Å². The number of para-hydroxylation sites is 1. The predicted octanol–water partition coefficient (Wildman–Crippen LogP) is 6.43. The standard InChI is InChI=1S/C28H21FN4O2/c1-19-6-5-7-23(18-19)33-27(20-10-12-21(29)13-11-20)31-26(32-33)28(34)30-22-14-16-25(17-15-22)35-24-8-3-2-4-9-24/h2-18H,1H3,(H,30,34). The Morgan fingerprint density at radius 2 is 1.57 bits per heavy atom. The van der Waals surface area contributed by atoms with Crippen LogP contribution in [0.25, 0.3) is 17.1 Å². The summed E-state index contributed by atoms with van der Waals surface area (Å²) in [5.74, 6) is 0.991. The number of carbonyl (C=O) groups is 1. The Bertz CT molecular complexity index is 1460. The molecule has 7 heteroatoms. The van der Waals surface area contributed by atoms with Crippen molar-refractivity contribution in [2.24, 2.45) is 0 Å². The molecule has 0 aliphatic heterocycles. The molecule has 0 aliphatic rings. The van der Waals surface area contributed by atoms with Gasteiger partial charge in [-0.25, -0.2) is 14.1 Å². The maximum Gasteiger partial charge on any atom is 0.295 e. The first-order valence-electron chi connectivity index (χ1n) is 11.0. The van der Waals surface area contributed by atoms with Gasteiger partial charge in [0.15, 0.2) is 5.82 Å². The quantitative estimate of drug-likeness (QED) is 0.315. The van der Waals surface area contributed by atoms with Crippen LogP contribution in [-0.2, 0) is 0 Å². The van der Waals surface area contributed by atoms with Crippen LogP contribution in [0.1, 0.15) is 16.2 Å². The molecule has 1 heterocycles. The van der Waals surface area contributed by atoms with Gasteiger partial charge in [-0.3, -0.25) is 4.79 Å². The van der Waals surface area contributed by atoms with Gasteiger partial charge in [0.05, 0.1) is 5.69 Å². The number of hydrogen-bond acceptors (Lipinski definition) is 4. The molecule has 1 N–H and O–H groups in total. The highest BCUT2D eigenvalue weighted by Crippen LogP contribution is 2.24. The molecule has 0 spiro atoms. The van der Waals surface area contributed by atoms with Crippen molar-refractivity contribution in [2.75, 3.05) is 5.32 Å². The van der Waals surface area contributed by atoms with Crippen molar-refractivity contribution in [1.82, 2.24) is 14.8 Å². The van der Waals surface area contributed by atoms with Gasteiger partial charge in [-0.2, -0.15) is 0 Å². The largest absolute Gasteiger partial charge is 0.457 e. The van der Waals surface area contributed by atoms with Gasteiger partial charge < -0.3 is 10.1 Å². The molecule has 5 rings (SSSR count). The lowest BCUT2D eigenvalue weighted by Gasteiger charge is -2.07. The molecule has 0 fully saturated rings. The summed E-state index contributed by atoms with van der Waals surface area (Å²) in [6.45, 7) is 1.97. The zero-order valence-electron chi connectivity index (χ0n) is 18.9. The number of aromatic nitrogens is 3. The highest BCUT2D eigenvalue weighted by Gasteiger charge is 2.19. The van der Waals surface area contributed by atoms with E-state index < -0.39 is 5.91 Å². The molecule has 0 saturated carbocycles. The van der Waals surface area contributed by atoms with Crippen LogP contribution in [-0.4, -0.2) is 20.7 Å². The van der Waals surface area contributed by atoms with E-state index in [2.05, 4.69) is 15.4 Å². The minimum atomic E-state index is -0.462. The van der Waals surface area contributed by atoms with Crippen LogP contribution in [0.5, 0.6) is 11.5 Å². The van der Waals surface area contributed by atoms with E-state index in [1.54, 1.807) is 41.1 Å². The summed E-state index contributed by atoms with van der Waals surface area (Å²) < 4.78 is 20.9. The highest BCUT2D eigenvalue weighted by atomic mass is 19.1. The number of carbonyl (C=O) groups excluding carboxylic acids is 1. The van der Waals surface area contributed by atoms with E-state index in [1.807, 2.05) is 61.5 Å². The topological polar surface area (TPSA) is 69.0 Å². The summed E-state index contributed by atoms with van der Waals surface area (Å²) in [7, 11) is 0. The minimum absolute atomic E-state index is 0.00422. The number of nitrogens with one attached hydrogen (secondary N) is 1. The fraction of sp³-hybridized carbons (Fsp3) is 0.0357. The first-order valence-corrected chi connectivity index (χ1v) is 11.0. The monoisotopic (exact) mass is 464 g/mol. The molecule has 35 heavy (non-hydrogen) atoms. The minimum Gasteiger partial charge on any atom is -0.457 e. The van der Waals surface area contributed by atoms with Crippen LogP contribution < -0.4 is 10.1 Å². The van der Waals surface area contributed by atoms with Gasteiger partial charge in [0, 0.05) is 11.3 Å². The average Bonchev–Trinajstić information content (AvgIpc) is 3.32. The van der Waals surface area contributed by atoms with Crippen molar-refractivity contribution in [3.8, 4) is 28.6 Å². The third-order valence-electron chi connectivity index (χ3n) is 5.25. The van der Waals surface area contributed by atoms with E-state index in [0.29, 0.717) is 22.8 Å². The van der Waals surface area contributed by atoms with E-state index in [9.17, 15) is 9.18 Å². The fourth-order valence-electron chi connectivity index (χ4n) is 3.55. The average molecular weight is 465 g/mol. The van der Waals surface area contributed by atoms with E-state index >= 15 is 0 Å². The summed E-state index contributed by atoms with van der Waals surface area (Å²) in [6.07, 6.45) is 0. The number of benzene rings is 4. The number of halogens is 1. The summed E-state index contributed by atoms with van der Waals surface area (Å²) in [6, 6.07) is 30.1. The normalized spacial score (nSPS) is 10.7. The molecule has 0 atom stereocenters. The van der Waals surface area contributed by atoms with E-state index in [1.165, 1.54) is 12.1 Å². The SMILES string of the molecule is Cc1cccc(-n2nc(C(=O)Nc3ccc(Oc4ccccc4)cc3)nc2-c2ccc(F)cc2)c1. The number of ether oxygens (including phenoxy) is 1. The van der Waals surface area contributed by atoms with E-state index in [-0.39, 0.29) is 11.6 Å². The molecular weight excluding hydrogens is 443 g/mol. The number of anilines is 1. The lowest BCUT2D eigenvalue weighted by molar-refractivity contribution is 0.101. The third-order valence-corrected chi connectivity index (χ3v) is 5.25. The molecule has 1 amide bonds. The smallest absolute Gasteiger partial charge is 0.295 e. The van der Waals surface area contributed by atoms with Gasteiger partial charge in [-0.1, -0.05) is 30.3 Å². The van der Waals surface area contributed by atoms with Crippen molar-refractivity contribution >= 4 is 11.6 Å². The van der Waals surface area contributed by atoms with Crippen LogP contribution in [0.3, 0.4) is 0 Å². The summed E-state index contributed by atoms with van der Waals surface area (Å²) in [5.41, 5.74) is 3.00. The van der Waals surface area contributed by atoms with Gasteiger partial charge in [0.2, 0.25) is 5.82 Å². The van der Waals surface area contributed by atoms with Gasteiger partial charge in [-0.05, 0) is 85.3 Å². The molecule has 5 aromatic rings. The Balaban J connectivity index is 1.40. The molecule has 0 bridgehead atoms. The molecule has 0 aliphatic carbocycles. The van der Waals surface area contributed by atoms with Crippen LogP contribution in [0.4, 0.5) is 10.1 Å². The van der Waals surface area contributed by atoms with Crippen molar-refractivity contribution in [2.45, 2.75) is 6.92 Å². The van der Waals surface area contributed by atoms with Crippen LogP contribution >= 0.6 is 0 Å². The number of nitrogens with zero attached hydrogens (tertiary/aromatic N) is 3. The molecule has 6 nitrogen and oxygen atoms in total. The van der Waals surface area contributed by atoms with Crippen molar-refractivity contribution in [3.63, 3.8) is 0 Å². The zero-order chi connectivity index (χ0) is 24.2. The van der Waals surface area contributed by atoms with Crippen LogP contribution in [0.2, 0.25) is 0 Å². The molecule has 0 unspecified atom stereocenters. The Morgan fingerprint density at radius 3 is 2.29 bits per heavy atom. The van der Waals surface area contributed by atoms with Gasteiger partial charge >= 0.3 is 0 Å². The Labute approximate surface area is 201 Å². The van der Waals surface area contributed by atoms with E-state index in [4.69, 9.17) is 4.74 Å². The second-order valence-electron chi connectivity index (χ2n) is 7.91. The maximum atomic E-state index is 13.5. The van der Waals surface area contributed by atoms with E-state index in [0.717, 1.165) is 17.0 Å². The highest BCUT2D eigenvalue weighted by molar-refractivity contribution is 6.01. The number of aryl methyl sites for hydroxylation is 1.